The minimum atomic E-state index is -4.80. The van der Waals surface area contributed by atoms with Gasteiger partial charge in [0.2, 0.25) is 0 Å². The first-order valence-electron chi connectivity index (χ1n) is 3.50. The van der Waals surface area contributed by atoms with Gasteiger partial charge in [0.1, 0.15) is 0 Å². The summed E-state index contributed by atoms with van der Waals surface area (Å²) in [5, 5.41) is 0. The zero-order valence-corrected chi connectivity index (χ0v) is 6.50. The van der Waals surface area contributed by atoms with Crippen molar-refractivity contribution in [2.75, 3.05) is 0 Å². The Labute approximate surface area is 71.2 Å². The lowest BCUT2D eigenvalue weighted by molar-refractivity contribution is -0.298. The number of rotatable bonds is 2. The van der Waals surface area contributed by atoms with Gasteiger partial charge in [0, 0.05) is 12.8 Å². The molecule has 0 spiro atoms. The Morgan fingerprint density at radius 2 is 1.62 bits per heavy atom. The molecule has 6 heteroatoms. The SMILES string of the molecule is C=COC1(F)CCC(F)(F)C1(F)F. The molecule has 0 N–H and O–H groups in total. The maximum atomic E-state index is 13.1. The van der Waals surface area contributed by atoms with E-state index in [1.165, 1.54) is 0 Å². The lowest BCUT2D eigenvalue weighted by atomic mass is 10.2. The summed E-state index contributed by atoms with van der Waals surface area (Å²) < 4.78 is 67.1. The molecular formula is C7H7F5O. The second-order valence-corrected chi connectivity index (χ2v) is 2.79. The van der Waals surface area contributed by atoms with Crippen LogP contribution >= 0.6 is 0 Å². The summed E-state index contributed by atoms with van der Waals surface area (Å²) in [5.74, 6) is -12.8. The minimum absolute atomic E-state index is 0.398. The first-order chi connectivity index (χ1) is 5.77. The average Bonchev–Trinajstić information content (AvgIpc) is 2.13. The van der Waals surface area contributed by atoms with Gasteiger partial charge < -0.3 is 4.74 Å². The fourth-order valence-corrected chi connectivity index (χ4v) is 1.17. The number of hydrogen-bond donors (Lipinski definition) is 0. The van der Waals surface area contributed by atoms with Crippen molar-refractivity contribution in [2.24, 2.45) is 0 Å². The van der Waals surface area contributed by atoms with Crippen molar-refractivity contribution in [3.8, 4) is 0 Å². The van der Waals surface area contributed by atoms with Crippen molar-refractivity contribution in [3.63, 3.8) is 0 Å². The molecule has 0 saturated heterocycles. The maximum absolute atomic E-state index is 13.1. The highest BCUT2D eigenvalue weighted by atomic mass is 19.3. The lowest BCUT2D eigenvalue weighted by Crippen LogP contribution is -2.49. The van der Waals surface area contributed by atoms with Crippen LogP contribution in [0.3, 0.4) is 0 Å². The molecule has 0 bridgehead atoms. The summed E-state index contributed by atoms with van der Waals surface area (Å²) in [6, 6.07) is 0. The Morgan fingerprint density at radius 1 is 1.08 bits per heavy atom. The van der Waals surface area contributed by atoms with Crippen LogP contribution in [0.1, 0.15) is 12.8 Å². The Hall–Kier alpha value is -0.810. The van der Waals surface area contributed by atoms with Crippen LogP contribution in [0.25, 0.3) is 0 Å². The van der Waals surface area contributed by atoms with Crippen molar-refractivity contribution < 1.29 is 26.7 Å². The standard InChI is InChI=1S/C7H7F5O/c1-2-13-6(10)4-3-5(8,9)7(6,11)12/h2H,1,3-4H2. The normalized spacial score (nSPS) is 35.8. The largest absolute Gasteiger partial charge is 0.461 e. The molecule has 1 rings (SSSR count). The molecule has 0 aromatic rings. The molecule has 0 radical (unpaired) electrons. The summed E-state index contributed by atoms with van der Waals surface area (Å²) in [6.07, 6.45) is -1.88. The Bertz CT molecular complexity index is 227. The zero-order valence-electron chi connectivity index (χ0n) is 6.50. The maximum Gasteiger partial charge on any atom is 0.377 e. The fourth-order valence-electron chi connectivity index (χ4n) is 1.17. The summed E-state index contributed by atoms with van der Waals surface area (Å²) in [4.78, 5) is 0. The molecule has 1 atom stereocenters. The summed E-state index contributed by atoms with van der Waals surface area (Å²) in [6.45, 7) is 2.84. The van der Waals surface area contributed by atoms with Gasteiger partial charge >= 0.3 is 17.7 Å². The highest BCUT2D eigenvalue weighted by Gasteiger charge is 2.76. The number of halogens is 5. The highest BCUT2D eigenvalue weighted by molar-refractivity contribution is 5.04. The fraction of sp³-hybridized carbons (Fsp3) is 0.714. The van der Waals surface area contributed by atoms with E-state index in [-0.39, 0.29) is 0 Å². The molecule has 1 fully saturated rings. The Kier molecular flexibility index (Phi) is 2.04. The van der Waals surface area contributed by atoms with E-state index in [1.807, 2.05) is 0 Å². The third-order valence-corrected chi connectivity index (χ3v) is 1.96. The van der Waals surface area contributed by atoms with Crippen molar-refractivity contribution in [1.82, 2.24) is 0 Å². The topological polar surface area (TPSA) is 9.23 Å². The van der Waals surface area contributed by atoms with Gasteiger partial charge in [0.05, 0.1) is 6.26 Å². The lowest BCUT2D eigenvalue weighted by Gasteiger charge is -2.28. The third kappa shape index (κ3) is 1.19. The molecular weight excluding hydrogens is 195 g/mol. The van der Waals surface area contributed by atoms with Gasteiger partial charge in [-0.2, -0.15) is 22.0 Å². The van der Waals surface area contributed by atoms with E-state index in [0.717, 1.165) is 0 Å². The molecule has 0 aromatic carbocycles. The van der Waals surface area contributed by atoms with Crippen LogP contribution in [-0.4, -0.2) is 17.7 Å². The second-order valence-electron chi connectivity index (χ2n) is 2.79. The first kappa shape index (κ1) is 10.3. The van der Waals surface area contributed by atoms with Crippen LogP contribution in [0.15, 0.2) is 12.8 Å². The van der Waals surface area contributed by atoms with Crippen LogP contribution < -0.4 is 0 Å². The van der Waals surface area contributed by atoms with Crippen LogP contribution in [-0.2, 0) is 4.74 Å². The molecule has 1 aliphatic rings. The minimum Gasteiger partial charge on any atom is -0.461 e. The highest BCUT2D eigenvalue weighted by Crippen LogP contribution is 2.55. The second kappa shape index (κ2) is 2.59. The quantitative estimate of drug-likeness (QED) is 0.494. The predicted molar refractivity (Wildman–Crippen MR) is 34.2 cm³/mol. The van der Waals surface area contributed by atoms with Gasteiger partial charge in [-0.1, -0.05) is 6.58 Å². The summed E-state index contributed by atoms with van der Waals surface area (Å²) >= 11 is 0. The summed E-state index contributed by atoms with van der Waals surface area (Å²) in [7, 11) is 0. The van der Waals surface area contributed by atoms with Crippen molar-refractivity contribution in [2.45, 2.75) is 30.5 Å². The van der Waals surface area contributed by atoms with Crippen molar-refractivity contribution in [3.05, 3.63) is 12.8 Å². The molecule has 0 heterocycles. The molecule has 0 aromatic heterocycles. The molecule has 0 amide bonds. The van der Waals surface area contributed by atoms with E-state index in [4.69, 9.17) is 0 Å². The van der Waals surface area contributed by atoms with Crippen LogP contribution in [0.5, 0.6) is 0 Å². The van der Waals surface area contributed by atoms with Gasteiger partial charge in [0.25, 0.3) is 0 Å². The smallest absolute Gasteiger partial charge is 0.377 e. The molecule has 0 aliphatic heterocycles. The van der Waals surface area contributed by atoms with E-state index < -0.39 is 30.5 Å². The predicted octanol–water partition coefficient (Wildman–Crippen LogP) is 2.88. The zero-order chi connectivity index (χ0) is 10.3. The van der Waals surface area contributed by atoms with E-state index in [0.29, 0.717) is 6.26 Å². The van der Waals surface area contributed by atoms with Gasteiger partial charge in [-0.15, -0.1) is 0 Å². The number of ether oxygens (including phenoxy) is 1. The van der Waals surface area contributed by atoms with E-state index in [2.05, 4.69) is 11.3 Å². The van der Waals surface area contributed by atoms with E-state index >= 15 is 0 Å². The Balaban J connectivity index is 2.99. The van der Waals surface area contributed by atoms with Crippen LogP contribution in [0, 0.1) is 0 Å². The van der Waals surface area contributed by atoms with Gasteiger partial charge in [0.15, 0.2) is 0 Å². The monoisotopic (exact) mass is 202 g/mol. The van der Waals surface area contributed by atoms with Gasteiger partial charge in [-0.05, 0) is 0 Å². The van der Waals surface area contributed by atoms with E-state index in [1.54, 1.807) is 0 Å². The van der Waals surface area contributed by atoms with Gasteiger partial charge in [-0.3, -0.25) is 0 Å². The van der Waals surface area contributed by atoms with Crippen LogP contribution in [0.4, 0.5) is 22.0 Å². The van der Waals surface area contributed by atoms with E-state index in [9.17, 15) is 22.0 Å². The molecule has 76 valence electrons. The number of hydrogen-bond acceptors (Lipinski definition) is 1. The molecule has 1 unspecified atom stereocenters. The Morgan fingerprint density at radius 3 is 1.92 bits per heavy atom. The molecule has 13 heavy (non-hydrogen) atoms. The van der Waals surface area contributed by atoms with Gasteiger partial charge in [-0.25, -0.2) is 0 Å². The number of alkyl halides is 5. The average molecular weight is 202 g/mol. The molecule has 1 aliphatic carbocycles. The molecule has 1 nitrogen and oxygen atoms in total. The first-order valence-corrected chi connectivity index (χ1v) is 3.50. The third-order valence-electron chi connectivity index (χ3n) is 1.96. The van der Waals surface area contributed by atoms with Crippen molar-refractivity contribution in [1.29, 1.82) is 0 Å². The summed E-state index contributed by atoms with van der Waals surface area (Å²) in [5.41, 5.74) is 0. The molecule has 1 saturated carbocycles. The van der Waals surface area contributed by atoms with Crippen LogP contribution in [0.2, 0.25) is 0 Å². The van der Waals surface area contributed by atoms with Crippen molar-refractivity contribution >= 4 is 0 Å².